The molecule has 0 bridgehead atoms. The summed E-state index contributed by atoms with van der Waals surface area (Å²) in [5.74, 6) is -4.21. The minimum atomic E-state index is -3.58. The molecule has 0 atom stereocenters. The summed E-state index contributed by atoms with van der Waals surface area (Å²) in [6, 6.07) is 10.4. The molecule has 0 unspecified atom stereocenters. The fourth-order valence-electron chi connectivity index (χ4n) is 3.40. The lowest BCUT2D eigenvalue weighted by atomic mass is 10.0. The van der Waals surface area contributed by atoms with Crippen molar-refractivity contribution < 1.29 is 30.4 Å². The smallest absolute Gasteiger partial charge is 0.318 e. The number of nitrogens with zero attached hydrogens (tertiary/aromatic N) is 2. The van der Waals surface area contributed by atoms with Crippen molar-refractivity contribution in [1.82, 2.24) is 15.1 Å². The van der Waals surface area contributed by atoms with Gasteiger partial charge in [0.15, 0.2) is 0 Å². The number of hydrogen-bond donors (Lipinski definition) is 1. The summed E-state index contributed by atoms with van der Waals surface area (Å²) in [6.07, 6.45) is 0.843. The normalized spacial score (nSPS) is 22.9. The van der Waals surface area contributed by atoms with Crippen LogP contribution in [0.4, 0.5) is 9.18 Å². The molecule has 31 heavy (non-hydrogen) atoms. The molecule has 1 heterocycles. The second-order valence-electron chi connectivity index (χ2n) is 7.35. The molecule has 3 rings (SSSR count). The maximum Gasteiger partial charge on any atom is 0.318 e. The van der Waals surface area contributed by atoms with Gasteiger partial charge in [-0.25, -0.2) is 9.18 Å². The van der Waals surface area contributed by atoms with Crippen LogP contribution in [-0.4, -0.2) is 48.5 Å². The molecule has 1 saturated heterocycles. The first-order chi connectivity index (χ1) is 19.7. The summed E-state index contributed by atoms with van der Waals surface area (Å²) >= 11 is 0. The van der Waals surface area contributed by atoms with Crippen molar-refractivity contribution in [2.24, 2.45) is 5.89 Å². The highest BCUT2D eigenvalue weighted by atomic mass is 19.1. The monoisotopic (exact) mass is 439 g/mol. The van der Waals surface area contributed by atoms with Gasteiger partial charge >= 0.3 is 6.03 Å². The van der Waals surface area contributed by atoms with Gasteiger partial charge in [0.2, 0.25) is 0 Å². The van der Waals surface area contributed by atoms with Crippen molar-refractivity contribution in [3.8, 4) is 5.75 Å². The summed E-state index contributed by atoms with van der Waals surface area (Å²) in [5, 5.41) is 2.80. The quantitative estimate of drug-likeness (QED) is 0.650. The molecule has 2 aromatic carbocycles. The molecule has 0 radical (unpaired) electrons. The third-order valence-corrected chi connectivity index (χ3v) is 5.07. The number of halogens is 1. The van der Waals surface area contributed by atoms with Crippen molar-refractivity contribution in [2.45, 2.75) is 45.7 Å². The van der Waals surface area contributed by atoms with E-state index in [1.54, 1.807) is 17.0 Å². The Morgan fingerprint density at radius 2 is 1.90 bits per heavy atom. The lowest BCUT2D eigenvalue weighted by molar-refractivity contribution is 0.127. The lowest BCUT2D eigenvalue weighted by Crippen LogP contribution is -2.49. The molecule has 1 aliphatic heterocycles. The van der Waals surface area contributed by atoms with Gasteiger partial charge in [0.25, 0.3) is 0 Å². The number of piperidine rings is 1. The van der Waals surface area contributed by atoms with Crippen molar-refractivity contribution in [2.75, 3.05) is 26.6 Å². The van der Waals surface area contributed by atoms with Crippen LogP contribution < -0.4 is 10.1 Å². The van der Waals surface area contributed by atoms with Gasteiger partial charge in [-0.15, -0.1) is 0 Å². The van der Waals surface area contributed by atoms with Crippen LogP contribution in [0.1, 0.15) is 54.1 Å². The largest absolute Gasteiger partial charge is 0.493 e. The summed E-state index contributed by atoms with van der Waals surface area (Å²) in [7, 11) is 0. The molecular weight excluding hydrogens is 393 g/mol. The molecule has 2 amide bonds. The van der Waals surface area contributed by atoms with E-state index in [9.17, 15) is 9.18 Å². The minimum Gasteiger partial charge on any atom is -0.493 e. The van der Waals surface area contributed by atoms with Crippen molar-refractivity contribution >= 4 is 6.03 Å². The number of hydrogen-bond acceptors (Lipinski definition) is 3. The van der Waals surface area contributed by atoms with Crippen molar-refractivity contribution in [3.63, 3.8) is 0 Å². The van der Waals surface area contributed by atoms with Crippen LogP contribution in [0.15, 0.2) is 48.5 Å². The predicted octanol–water partition coefficient (Wildman–Crippen LogP) is 4.67. The zero-order valence-electron chi connectivity index (χ0n) is 29.0. The highest BCUT2D eigenvalue weighted by Gasteiger charge is 2.27. The molecule has 5 nitrogen and oxygen atoms in total. The number of rotatable bonds is 8. The van der Waals surface area contributed by atoms with Crippen LogP contribution >= 0.6 is 0 Å². The van der Waals surface area contributed by atoms with Crippen LogP contribution in [0.25, 0.3) is 0 Å². The Morgan fingerprint density at radius 1 is 1.23 bits per heavy atom. The van der Waals surface area contributed by atoms with E-state index in [1.165, 1.54) is 41.3 Å². The average Bonchev–Trinajstić information content (AvgIpc) is 2.89. The van der Waals surface area contributed by atoms with E-state index < -0.39 is 45.0 Å². The van der Waals surface area contributed by atoms with E-state index in [1.807, 2.05) is 0 Å². The van der Waals surface area contributed by atoms with Gasteiger partial charge in [-0.3, -0.25) is 0 Å². The second-order valence-corrected chi connectivity index (χ2v) is 7.35. The fourth-order valence-corrected chi connectivity index (χ4v) is 3.40. The van der Waals surface area contributed by atoms with Gasteiger partial charge in [0.1, 0.15) is 11.6 Å². The van der Waals surface area contributed by atoms with Gasteiger partial charge in [-0.05, 0) is 74.2 Å². The molecular formula is C25H34FN3O2. The van der Waals surface area contributed by atoms with Crippen LogP contribution in [0.5, 0.6) is 5.75 Å². The highest BCUT2D eigenvalue weighted by molar-refractivity contribution is 5.74. The maximum absolute atomic E-state index is 13.4. The van der Waals surface area contributed by atoms with Crippen LogP contribution in [0.2, 0.25) is 0 Å². The SMILES string of the molecule is [2H]C([2H])([2H])N1CCC(N(Cc2ccc(F)cc2)C(=O)NCc2ccc(OC([2H])([2H])C([2H])(C([2H])([2H])[2H])C([2H])([2H])[2H])cc2)CC1. The molecule has 168 valence electrons. The van der Waals surface area contributed by atoms with Gasteiger partial charge < -0.3 is 19.9 Å². The third-order valence-electron chi connectivity index (χ3n) is 5.07. The Labute approximate surface area is 202 Å². The maximum atomic E-state index is 13.4. The van der Waals surface area contributed by atoms with Crippen LogP contribution in [0.3, 0.4) is 0 Å². The number of benzene rings is 2. The fraction of sp³-hybridized carbons (Fsp3) is 0.480. The van der Waals surface area contributed by atoms with Gasteiger partial charge in [0.05, 0.1) is 9.30 Å². The first kappa shape index (κ1) is 11.9. The molecule has 1 fully saturated rings. The average molecular weight is 440 g/mol. The number of likely N-dealkylation sites (tertiary alicyclic amines) is 1. The van der Waals surface area contributed by atoms with Crippen molar-refractivity contribution in [1.29, 1.82) is 0 Å². The number of amides is 2. The van der Waals surface area contributed by atoms with E-state index in [2.05, 4.69) is 5.32 Å². The molecule has 1 aliphatic rings. The Morgan fingerprint density at radius 3 is 2.55 bits per heavy atom. The molecule has 2 aromatic rings. The minimum absolute atomic E-state index is 0.0208. The van der Waals surface area contributed by atoms with Crippen molar-refractivity contribution in [3.05, 3.63) is 65.5 Å². The standard InChI is InChI=1S/C25H34FN3O2/c1-19(2)18-31-24-10-6-20(7-11-24)16-27-25(30)29(23-12-14-28(3)15-13-23)17-21-4-8-22(26)9-5-21/h4-11,19,23H,12-18H2,1-3H3,(H,27,30)/i1D3,2D3,3D3,18D2,19D. The van der Waals surface area contributed by atoms with E-state index in [4.69, 9.17) is 21.2 Å². The first-order valence-electron chi connectivity index (χ1n) is 16.0. The van der Waals surface area contributed by atoms with Crippen LogP contribution in [-0.2, 0) is 13.1 Å². The summed E-state index contributed by atoms with van der Waals surface area (Å²) < 4.78 is 111. The van der Waals surface area contributed by atoms with E-state index in [0.29, 0.717) is 24.0 Å². The molecule has 0 saturated carbocycles. The zero-order chi connectivity index (χ0) is 32.4. The third kappa shape index (κ3) is 7.24. The van der Waals surface area contributed by atoms with Gasteiger partial charge in [-0.2, -0.15) is 0 Å². The molecule has 6 heteroatoms. The predicted molar refractivity (Wildman–Crippen MR) is 121 cm³/mol. The second kappa shape index (κ2) is 11.1. The molecule has 0 aromatic heterocycles. The number of nitrogens with one attached hydrogen (secondary N) is 1. The number of ether oxygens (including phenoxy) is 1. The summed E-state index contributed by atoms with van der Waals surface area (Å²) in [5.41, 5.74) is 1.23. The Hall–Kier alpha value is -2.60. The van der Waals surface area contributed by atoms with Crippen LogP contribution in [0, 0.1) is 11.7 Å². The van der Waals surface area contributed by atoms with Gasteiger partial charge in [0, 0.05) is 32.8 Å². The van der Waals surface area contributed by atoms with E-state index >= 15 is 0 Å². The first-order valence-corrected chi connectivity index (χ1v) is 9.98. The number of urea groups is 1. The number of carbonyl (C=O) groups excluding carboxylic acids is 1. The van der Waals surface area contributed by atoms with E-state index in [0.717, 1.165) is 0 Å². The van der Waals surface area contributed by atoms with Gasteiger partial charge in [-0.1, -0.05) is 38.0 Å². The Balaban J connectivity index is 1.70. The summed E-state index contributed by atoms with van der Waals surface area (Å²) in [6.45, 7) is -12.0. The van der Waals surface area contributed by atoms with E-state index in [-0.39, 0.29) is 38.0 Å². The Bertz CT molecular complexity index is 1210. The molecule has 0 spiro atoms. The number of carbonyl (C=O) groups is 1. The topological polar surface area (TPSA) is 44.8 Å². The summed E-state index contributed by atoms with van der Waals surface area (Å²) in [4.78, 5) is 16.3. The lowest BCUT2D eigenvalue weighted by Gasteiger charge is -2.37. The molecule has 1 N–H and O–H groups in total. The Kier molecular flexibility index (Phi) is 4.26. The zero-order valence-corrected chi connectivity index (χ0v) is 17.0. The highest BCUT2D eigenvalue weighted by Crippen LogP contribution is 2.19. The molecule has 0 aliphatic carbocycles.